The molecule has 0 bridgehead atoms. The van der Waals surface area contributed by atoms with Gasteiger partial charge in [-0.25, -0.2) is 32.2 Å². The Kier molecular flexibility index (Phi) is 8.28. The third-order valence-corrected chi connectivity index (χ3v) is 13.8. The van der Waals surface area contributed by atoms with Crippen LogP contribution in [0.5, 0.6) is 0 Å². The molecule has 3 saturated heterocycles. The van der Waals surface area contributed by atoms with E-state index < -0.39 is 112 Å². The Bertz CT molecular complexity index is 3210. The van der Waals surface area contributed by atoms with E-state index in [0.717, 1.165) is 4.09 Å². The number of nitrogens with zero attached hydrogens (tertiary/aromatic N) is 11. The molecule has 1 saturated carbocycles. The van der Waals surface area contributed by atoms with Gasteiger partial charge in [0.2, 0.25) is 11.8 Å². The summed E-state index contributed by atoms with van der Waals surface area (Å²) in [6.45, 7) is -10.3. The van der Waals surface area contributed by atoms with Gasteiger partial charge in [-0.3, -0.25) is 39.0 Å². The largest absolute Gasteiger partial charge is 0.366 e. The summed E-state index contributed by atoms with van der Waals surface area (Å²) in [5.74, 6) is -7.56. The molecular weight excluding hydrogens is 853 g/mol. The van der Waals surface area contributed by atoms with Gasteiger partial charge >= 0.3 is 0 Å². The molecule has 1 aromatic carbocycles. The van der Waals surface area contributed by atoms with Gasteiger partial charge in [-0.1, -0.05) is 0 Å². The van der Waals surface area contributed by atoms with Gasteiger partial charge in [-0.2, -0.15) is 14.3 Å². The van der Waals surface area contributed by atoms with E-state index >= 15 is 8.78 Å². The lowest BCUT2D eigenvalue weighted by atomic mass is 9.95. The Labute approximate surface area is 377 Å². The van der Waals surface area contributed by atoms with Crippen LogP contribution in [0.25, 0.3) is 22.3 Å². The van der Waals surface area contributed by atoms with Crippen molar-refractivity contribution >= 4 is 67.7 Å². The summed E-state index contributed by atoms with van der Waals surface area (Å²) in [5.41, 5.74) is -2.31. The molecule has 4 fully saturated rings. The molecule has 10 rings (SSSR count). The number of pyridine rings is 1. The van der Waals surface area contributed by atoms with Gasteiger partial charge in [-0.05, 0) is 64.0 Å². The molecule has 1 aliphatic carbocycles. The van der Waals surface area contributed by atoms with Gasteiger partial charge in [0.15, 0.2) is 23.3 Å². The van der Waals surface area contributed by atoms with Crippen molar-refractivity contribution in [1.82, 2.24) is 49.0 Å². The summed E-state index contributed by atoms with van der Waals surface area (Å²) >= 11 is 0. The van der Waals surface area contributed by atoms with Gasteiger partial charge in [0.25, 0.3) is 21.8 Å². The molecule has 0 radical (unpaired) electrons. The van der Waals surface area contributed by atoms with Gasteiger partial charge in [-0.15, -0.1) is 0 Å². The van der Waals surface area contributed by atoms with Gasteiger partial charge in [0.1, 0.15) is 17.7 Å². The van der Waals surface area contributed by atoms with E-state index in [1.54, 1.807) is 18.3 Å². The fourth-order valence-electron chi connectivity index (χ4n) is 8.27. The molecular formula is C42H45F2N13O6S. The van der Waals surface area contributed by atoms with Gasteiger partial charge in [0, 0.05) is 82.0 Å². The molecule has 5 aliphatic rings. The summed E-state index contributed by atoms with van der Waals surface area (Å²) in [7, 11) is -3.59. The highest BCUT2D eigenvalue weighted by atomic mass is 32.2. The number of fused-ring (bicyclic) bond motifs is 2. The highest BCUT2D eigenvalue weighted by Crippen LogP contribution is 2.37. The van der Waals surface area contributed by atoms with Crippen molar-refractivity contribution in [1.29, 1.82) is 0 Å². The van der Waals surface area contributed by atoms with Gasteiger partial charge < -0.3 is 15.1 Å². The van der Waals surface area contributed by atoms with Crippen molar-refractivity contribution in [3.8, 4) is 11.4 Å². The molecule has 4 amide bonds. The standard InChI is InChI=1S/C42H45F2N13O6S/c1-23(2)57-30-18-33(48-32-7-10-45-38(49-32)25-19-47-55(22-25)64(62,63)26-3-4-26)46-20-28(30)39(51-57)54-11-8-24(9-12-54)21-52-13-15-53(16-14-52)31-17-27-35(37(44)36(31)43)42(61)56(41(27)60)29-5-6-34(58)50-40(29)59/h7,10,17-20,22-24,26,29H,3-6,8-9,11-16,21H2,1-2H3,(H,50,58,59)(H,45,46,48,49)/i13D2,14D2,15D2,16D2. The number of rotatable bonds is 11. The minimum Gasteiger partial charge on any atom is -0.366 e. The Morgan fingerprint density at radius 3 is 2.41 bits per heavy atom. The topological polar surface area (TPSA) is 214 Å². The first-order valence-corrected chi connectivity index (χ1v) is 22.1. The van der Waals surface area contributed by atoms with Crippen LogP contribution in [0.1, 0.15) is 90.1 Å². The van der Waals surface area contributed by atoms with Crippen molar-refractivity contribution in [3.05, 3.63) is 65.7 Å². The lowest BCUT2D eigenvalue weighted by Crippen LogP contribution is -2.54. The van der Waals surface area contributed by atoms with Crippen molar-refractivity contribution in [3.63, 3.8) is 0 Å². The molecule has 334 valence electrons. The molecule has 2 N–H and O–H groups in total. The number of aromatic nitrogens is 7. The predicted molar refractivity (Wildman–Crippen MR) is 228 cm³/mol. The Morgan fingerprint density at radius 2 is 1.69 bits per heavy atom. The molecule has 19 nitrogen and oxygen atoms in total. The van der Waals surface area contributed by atoms with Crippen molar-refractivity contribution in [2.45, 2.75) is 69.7 Å². The maximum atomic E-state index is 16.2. The minimum absolute atomic E-state index is 0.117. The molecule has 64 heavy (non-hydrogen) atoms. The summed E-state index contributed by atoms with van der Waals surface area (Å²) in [4.78, 5) is 67.2. The smallest absolute Gasteiger partial charge is 0.265 e. The molecule has 1 unspecified atom stereocenters. The fraction of sp³-hybridized carbons (Fsp3) is 0.452. The molecule has 8 heterocycles. The number of piperazine rings is 1. The number of carbonyl (C=O) groups is 4. The van der Waals surface area contributed by atoms with E-state index in [2.05, 4.69) is 25.4 Å². The molecule has 4 aromatic heterocycles. The SMILES string of the molecule is [2H]C1([2H])N(CC2CCN(c3nn(C(C)C)c4cc(Nc5ccnc(-c6cnn(S(=O)(=O)C7CC7)c6)n5)ncc34)CC2)C([2H])([2H])C([2H])([2H])N(c2cc3c(c(F)c2F)C(=O)N(C2CCC(=O)NC2=O)C3=O)C1([2H])[2H]. The Balaban J connectivity index is 0.859. The van der Waals surface area contributed by atoms with E-state index in [0.29, 0.717) is 75.7 Å². The summed E-state index contributed by atoms with van der Waals surface area (Å²) in [6, 6.07) is 2.16. The minimum atomic E-state index is -3.68. The first kappa shape index (κ1) is 33.1. The highest BCUT2D eigenvalue weighted by molar-refractivity contribution is 7.90. The number of hydrogen-bond donors (Lipinski definition) is 2. The first-order chi connectivity index (χ1) is 33.8. The number of carbonyl (C=O) groups excluding carboxylic acids is 4. The number of nitrogens with one attached hydrogen (secondary N) is 2. The van der Waals surface area contributed by atoms with E-state index in [1.807, 2.05) is 28.7 Å². The van der Waals surface area contributed by atoms with Crippen LogP contribution in [0.4, 0.5) is 31.9 Å². The molecule has 22 heteroatoms. The second kappa shape index (κ2) is 16.0. The van der Waals surface area contributed by atoms with E-state index in [4.69, 9.17) is 16.1 Å². The molecule has 1 atom stereocenters. The third kappa shape index (κ3) is 7.40. The second-order valence-electron chi connectivity index (χ2n) is 16.4. The van der Waals surface area contributed by atoms with E-state index in [9.17, 15) is 27.6 Å². The van der Waals surface area contributed by atoms with E-state index in [-0.39, 0.29) is 42.4 Å². The summed E-state index contributed by atoms with van der Waals surface area (Å²) < 4.78 is 132. The Morgan fingerprint density at radius 1 is 0.922 bits per heavy atom. The molecule has 4 aliphatic heterocycles. The van der Waals surface area contributed by atoms with Crippen LogP contribution in [0, 0.1) is 17.6 Å². The number of hydrogen-bond acceptors (Lipinski definition) is 15. The number of imide groups is 2. The lowest BCUT2D eigenvalue weighted by molar-refractivity contribution is -0.136. The lowest BCUT2D eigenvalue weighted by Gasteiger charge is -2.39. The van der Waals surface area contributed by atoms with Crippen LogP contribution in [-0.4, -0.2) is 133 Å². The van der Waals surface area contributed by atoms with Crippen LogP contribution in [0.2, 0.25) is 0 Å². The van der Waals surface area contributed by atoms with Crippen LogP contribution < -0.4 is 20.4 Å². The normalized spacial score (nSPS) is 25.2. The number of anilines is 4. The van der Waals surface area contributed by atoms with Crippen molar-refractivity contribution < 1.29 is 47.3 Å². The van der Waals surface area contributed by atoms with Gasteiger partial charge in [0.05, 0.1) is 56.4 Å². The zero-order valence-corrected chi connectivity index (χ0v) is 35.1. The zero-order valence-electron chi connectivity index (χ0n) is 42.2. The van der Waals surface area contributed by atoms with Crippen LogP contribution in [0.15, 0.2) is 43.0 Å². The van der Waals surface area contributed by atoms with Crippen molar-refractivity contribution in [2.75, 3.05) is 60.7 Å². The summed E-state index contributed by atoms with van der Waals surface area (Å²) in [5, 5.41) is 14.3. The predicted octanol–water partition coefficient (Wildman–Crippen LogP) is 3.47. The second-order valence-corrected chi connectivity index (χ2v) is 18.5. The van der Waals surface area contributed by atoms with Crippen molar-refractivity contribution in [2.24, 2.45) is 5.92 Å². The third-order valence-electron chi connectivity index (χ3n) is 11.8. The molecule has 0 spiro atoms. The van der Waals surface area contributed by atoms with Crippen LogP contribution >= 0.6 is 0 Å². The number of piperidine rings is 2. The quantitative estimate of drug-likeness (QED) is 0.182. The summed E-state index contributed by atoms with van der Waals surface area (Å²) in [6.07, 6.45) is 7.04. The van der Waals surface area contributed by atoms with E-state index in [1.165, 1.54) is 18.6 Å². The maximum absolute atomic E-state index is 16.2. The number of amides is 4. The highest BCUT2D eigenvalue weighted by Gasteiger charge is 2.47. The first-order valence-electron chi connectivity index (χ1n) is 24.6. The maximum Gasteiger partial charge on any atom is 0.265 e. The van der Waals surface area contributed by atoms with Crippen LogP contribution in [0.3, 0.4) is 0 Å². The monoisotopic (exact) mass is 905 g/mol. The number of halogens is 2. The average Bonchev–Trinajstić information content (AvgIpc) is 3.86. The van der Waals surface area contributed by atoms with Crippen LogP contribution in [-0.2, 0) is 19.6 Å². The Hall–Kier alpha value is -6.42. The molecule has 5 aromatic rings. The average molecular weight is 906 g/mol. The zero-order chi connectivity index (χ0) is 51.8. The fourth-order valence-corrected chi connectivity index (χ4v) is 9.75. The number of benzene rings is 1.